The maximum absolute atomic E-state index is 13.6. The van der Waals surface area contributed by atoms with E-state index in [0.717, 1.165) is 12.1 Å². The summed E-state index contributed by atoms with van der Waals surface area (Å²) in [7, 11) is 1.41. The van der Waals surface area contributed by atoms with E-state index in [1.54, 1.807) is 17.9 Å². The fourth-order valence-electron chi connectivity index (χ4n) is 4.03. The van der Waals surface area contributed by atoms with Crippen LogP contribution < -0.4 is 15.8 Å². The van der Waals surface area contributed by atoms with Crippen LogP contribution in [0.1, 0.15) is 40.3 Å². The molecule has 3 aromatic rings. The first-order valence-electron chi connectivity index (χ1n) is 11.2. The number of carbonyl (C=O) groups is 1. The lowest BCUT2D eigenvalue weighted by atomic mass is 10.0. The number of nitrogen functional groups attached to an aromatic ring is 1. The number of anilines is 2. The highest BCUT2D eigenvalue weighted by Gasteiger charge is 2.31. The third-order valence-corrected chi connectivity index (χ3v) is 5.87. The number of amides is 1. The van der Waals surface area contributed by atoms with Crippen LogP contribution in [0.15, 0.2) is 30.3 Å². The lowest BCUT2D eigenvalue weighted by Crippen LogP contribution is -2.40. The Bertz CT molecular complexity index is 1280. The van der Waals surface area contributed by atoms with Crippen molar-refractivity contribution in [3.8, 4) is 5.75 Å². The van der Waals surface area contributed by atoms with Crippen molar-refractivity contribution in [1.82, 2.24) is 14.9 Å². The maximum Gasteiger partial charge on any atom is 0.416 e. The van der Waals surface area contributed by atoms with Crippen molar-refractivity contribution in [2.24, 2.45) is 0 Å². The Morgan fingerprint density at radius 2 is 1.92 bits per heavy atom. The van der Waals surface area contributed by atoms with Crippen LogP contribution in [-0.2, 0) is 17.6 Å². The SMILES string of the molecule is COc1cc2c(N[C@H](C)c3cc(N)cc(C(F)(F)F)c3)nc(CF)nc2cc1C(=O)N1CCOCC1. The summed E-state index contributed by atoms with van der Waals surface area (Å²) in [6, 6.07) is 5.65. The predicted molar refractivity (Wildman–Crippen MR) is 126 cm³/mol. The van der Waals surface area contributed by atoms with Gasteiger partial charge in [-0.2, -0.15) is 13.2 Å². The minimum atomic E-state index is -4.57. The third kappa shape index (κ3) is 5.27. The number of alkyl halides is 4. The molecule has 0 radical (unpaired) electrons. The highest BCUT2D eigenvalue weighted by Crippen LogP contribution is 2.35. The van der Waals surface area contributed by atoms with Gasteiger partial charge in [0.25, 0.3) is 5.91 Å². The Balaban J connectivity index is 1.75. The Labute approximate surface area is 204 Å². The zero-order chi connectivity index (χ0) is 26.0. The molecule has 192 valence electrons. The van der Waals surface area contributed by atoms with E-state index in [4.69, 9.17) is 15.2 Å². The van der Waals surface area contributed by atoms with Gasteiger partial charge in [-0.3, -0.25) is 4.79 Å². The van der Waals surface area contributed by atoms with Crippen molar-refractivity contribution in [2.75, 3.05) is 44.5 Å². The third-order valence-electron chi connectivity index (χ3n) is 5.87. The van der Waals surface area contributed by atoms with Crippen LogP contribution in [-0.4, -0.2) is 54.2 Å². The highest BCUT2D eigenvalue weighted by atomic mass is 19.4. The average Bonchev–Trinajstić information content (AvgIpc) is 2.86. The van der Waals surface area contributed by atoms with Gasteiger partial charge in [0, 0.05) is 24.2 Å². The molecule has 1 aliphatic rings. The van der Waals surface area contributed by atoms with Gasteiger partial charge in [-0.05, 0) is 42.8 Å². The maximum atomic E-state index is 13.6. The normalized spacial score (nSPS) is 15.1. The molecule has 12 heteroatoms. The molecule has 0 saturated carbocycles. The van der Waals surface area contributed by atoms with Crippen LogP contribution in [0.2, 0.25) is 0 Å². The van der Waals surface area contributed by atoms with E-state index >= 15 is 0 Å². The standard InChI is InChI=1S/C24H25F4N5O3/c1-13(14-7-15(24(26,27)28)9-16(29)8-14)30-22-17-11-20(35-2)18(10-19(17)31-21(12-25)32-22)23(34)33-3-5-36-6-4-33/h7-11,13H,3-6,12,29H2,1-2H3,(H,30,31,32)/t13-/m1/s1. The molecule has 1 atom stereocenters. The van der Waals surface area contributed by atoms with Crippen molar-refractivity contribution in [3.63, 3.8) is 0 Å². The lowest BCUT2D eigenvalue weighted by Gasteiger charge is -2.27. The van der Waals surface area contributed by atoms with Crippen molar-refractivity contribution < 1.29 is 31.8 Å². The fraction of sp³-hybridized carbons (Fsp3) is 0.375. The molecular weight excluding hydrogens is 482 g/mol. The molecule has 3 N–H and O–H groups in total. The number of nitrogens with zero attached hydrogens (tertiary/aromatic N) is 3. The number of carbonyl (C=O) groups excluding carboxylic acids is 1. The molecule has 1 saturated heterocycles. The monoisotopic (exact) mass is 507 g/mol. The second-order valence-corrected chi connectivity index (χ2v) is 8.35. The number of ether oxygens (including phenoxy) is 2. The van der Waals surface area contributed by atoms with Gasteiger partial charge in [-0.15, -0.1) is 0 Å². The zero-order valence-electron chi connectivity index (χ0n) is 19.7. The quantitative estimate of drug-likeness (QED) is 0.378. The molecule has 0 unspecified atom stereocenters. The number of morpholine rings is 1. The summed E-state index contributed by atoms with van der Waals surface area (Å²) < 4.78 is 64.2. The molecular formula is C24H25F4N5O3. The van der Waals surface area contributed by atoms with Crippen LogP contribution in [0.3, 0.4) is 0 Å². The number of methoxy groups -OCH3 is 1. The van der Waals surface area contributed by atoms with Gasteiger partial charge in [0.2, 0.25) is 0 Å². The number of fused-ring (bicyclic) bond motifs is 1. The summed E-state index contributed by atoms with van der Waals surface area (Å²) in [5.74, 6) is 0.0184. The number of hydrogen-bond donors (Lipinski definition) is 2. The van der Waals surface area contributed by atoms with Crippen molar-refractivity contribution in [2.45, 2.75) is 25.8 Å². The Hall–Kier alpha value is -3.67. The number of benzene rings is 2. The molecule has 0 bridgehead atoms. The van der Waals surface area contributed by atoms with Crippen LogP contribution in [0.5, 0.6) is 5.75 Å². The minimum absolute atomic E-state index is 0.0431. The molecule has 0 spiro atoms. The van der Waals surface area contributed by atoms with Gasteiger partial charge in [-0.25, -0.2) is 14.4 Å². The van der Waals surface area contributed by atoms with Crippen LogP contribution in [0.4, 0.5) is 29.1 Å². The Morgan fingerprint density at radius 3 is 2.56 bits per heavy atom. The summed E-state index contributed by atoms with van der Waals surface area (Å²) in [5, 5.41) is 3.45. The second kappa shape index (κ2) is 10.1. The number of hydrogen-bond acceptors (Lipinski definition) is 7. The van der Waals surface area contributed by atoms with Gasteiger partial charge >= 0.3 is 6.18 Å². The molecule has 0 aliphatic carbocycles. The average molecular weight is 507 g/mol. The minimum Gasteiger partial charge on any atom is -0.496 e. The Kier molecular flexibility index (Phi) is 7.16. The molecule has 1 amide bonds. The largest absolute Gasteiger partial charge is 0.496 e. The van der Waals surface area contributed by atoms with E-state index in [-0.39, 0.29) is 45.6 Å². The smallest absolute Gasteiger partial charge is 0.416 e. The summed E-state index contributed by atoms with van der Waals surface area (Å²) in [6.45, 7) is 2.33. The van der Waals surface area contributed by atoms with Crippen LogP contribution in [0.25, 0.3) is 10.9 Å². The van der Waals surface area contributed by atoms with Crippen molar-refractivity contribution in [3.05, 3.63) is 52.8 Å². The van der Waals surface area contributed by atoms with Gasteiger partial charge in [0.15, 0.2) is 5.82 Å². The molecule has 1 fully saturated rings. The molecule has 1 aromatic heterocycles. The second-order valence-electron chi connectivity index (χ2n) is 8.35. The van der Waals surface area contributed by atoms with Crippen molar-refractivity contribution in [1.29, 1.82) is 0 Å². The van der Waals surface area contributed by atoms with Gasteiger partial charge in [-0.1, -0.05) is 0 Å². The number of halogens is 4. The molecule has 2 aromatic carbocycles. The molecule has 4 rings (SSSR count). The number of nitrogens with one attached hydrogen (secondary N) is 1. The number of nitrogens with two attached hydrogens (primary N) is 1. The zero-order valence-corrected chi connectivity index (χ0v) is 19.7. The predicted octanol–water partition coefficient (Wildman–Crippen LogP) is 4.35. The highest BCUT2D eigenvalue weighted by molar-refractivity contribution is 6.02. The molecule has 8 nitrogen and oxygen atoms in total. The summed E-state index contributed by atoms with van der Waals surface area (Å²) >= 11 is 0. The van der Waals surface area contributed by atoms with E-state index in [1.165, 1.54) is 19.2 Å². The van der Waals surface area contributed by atoms with Gasteiger partial charge in [0.05, 0.1) is 43.0 Å². The summed E-state index contributed by atoms with van der Waals surface area (Å²) in [6.07, 6.45) is -4.57. The van der Waals surface area contributed by atoms with E-state index in [2.05, 4.69) is 15.3 Å². The first-order valence-corrected chi connectivity index (χ1v) is 11.2. The molecule has 36 heavy (non-hydrogen) atoms. The molecule has 2 heterocycles. The summed E-state index contributed by atoms with van der Waals surface area (Å²) in [5.41, 5.74) is 5.58. The van der Waals surface area contributed by atoms with Gasteiger partial charge in [0.1, 0.15) is 18.2 Å². The number of aromatic nitrogens is 2. The Morgan fingerprint density at radius 1 is 1.19 bits per heavy atom. The van der Waals surface area contributed by atoms with Crippen LogP contribution in [0, 0.1) is 0 Å². The van der Waals surface area contributed by atoms with Gasteiger partial charge < -0.3 is 25.4 Å². The fourth-order valence-corrected chi connectivity index (χ4v) is 4.03. The van der Waals surface area contributed by atoms with E-state index in [1.807, 2.05) is 0 Å². The van der Waals surface area contributed by atoms with E-state index < -0.39 is 24.5 Å². The summed E-state index contributed by atoms with van der Waals surface area (Å²) in [4.78, 5) is 23.2. The van der Waals surface area contributed by atoms with Crippen molar-refractivity contribution >= 4 is 28.3 Å². The number of rotatable bonds is 6. The lowest BCUT2D eigenvalue weighted by molar-refractivity contribution is -0.137. The molecule has 1 aliphatic heterocycles. The van der Waals surface area contributed by atoms with Crippen LogP contribution >= 0.6 is 0 Å². The topological polar surface area (TPSA) is 103 Å². The first-order chi connectivity index (χ1) is 17.1. The van der Waals surface area contributed by atoms with E-state index in [9.17, 15) is 22.4 Å². The first kappa shape index (κ1) is 25.4. The van der Waals surface area contributed by atoms with E-state index in [0.29, 0.717) is 31.7 Å².